The molecule has 8 heteroatoms. The molecule has 8 nitrogen and oxygen atoms in total. The summed E-state index contributed by atoms with van der Waals surface area (Å²) in [6.45, 7) is 3.99. The molecule has 1 fully saturated rings. The molecule has 2 aromatic heterocycles. The molecule has 0 bridgehead atoms. The van der Waals surface area contributed by atoms with Gasteiger partial charge in [0.15, 0.2) is 0 Å². The molecule has 134 valence electrons. The monoisotopic (exact) mass is 344 g/mol. The molecule has 3 heterocycles. The highest BCUT2D eigenvalue weighted by Crippen LogP contribution is 2.15. The van der Waals surface area contributed by atoms with Crippen molar-refractivity contribution in [3.63, 3.8) is 0 Å². The molecule has 2 aromatic rings. The third-order valence-corrected chi connectivity index (χ3v) is 4.61. The van der Waals surface area contributed by atoms with Crippen LogP contribution in [0.2, 0.25) is 0 Å². The lowest BCUT2D eigenvalue weighted by molar-refractivity contribution is 0.0600. The molecule has 1 atom stereocenters. The van der Waals surface area contributed by atoms with E-state index < -0.39 is 5.97 Å². The van der Waals surface area contributed by atoms with Crippen LogP contribution in [0.1, 0.15) is 16.8 Å². The fourth-order valence-corrected chi connectivity index (χ4v) is 2.99. The van der Waals surface area contributed by atoms with Crippen LogP contribution in [0.4, 0.5) is 0 Å². The molecular weight excluding hydrogens is 320 g/mol. The quantitative estimate of drug-likeness (QED) is 0.716. The van der Waals surface area contributed by atoms with Crippen LogP contribution in [0, 0.1) is 0 Å². The highest BCUT2D eigenvalue weighted by Gasteiger charge is 2.23. The number of methoxy groups -OCH3 is 1. The molecule has 0 amide bonds. The summed E-state index contributed by atoms with van der Waals surface area (Å²) < 4.78 is 6.51. The molecular formula is C17H24N6O2. The Balaban J connectivity index is 1.56. The summed E-state index contributed by atoms with van der Waals surface area (Å²) in [5.74, 6) is -0.399. The van der Waals surface area contributed by atoms with Gasteiger partial charge in [-0.3, -0.25) is 14.6 Å². The highest BCUT2D eigenvalue weighted by atomic mass is 16.5. The number of nitrogens with zero attached hydrogens (tertiary/aromatic N) is 6. The Morgan fingerprint density at radius 1 is 1.32 bits per heavy atom. The summed E-state index contributed by atoms with van der Waals surface area (Å²) in [4.78, 5) is 20.4. The van der Waals surface area contributed by atoms with E-state index in [2.05, 4.69) is 43.9 Å². The third-order valence-electron chi connectivity index (χ3n) is 4.61. The first-order chi connectivity index (χ1) is 12.1. The van der Waals surface area contributed by atoms with Crippen LogP contribution in [0.5, 0.6) is 0 Å². The van der Waals surface area contributed by atoms with Gasteiger partial charge in [-0.2, -0.15) is 0 Å². The Kier molecular flexibility index (Phi) is 5.40. The van der Waals surface area contributed by atoms with Gasteiger partial charge < -0.3 is 9.64 Å². The topological polar surface area (TPSA) is 76.4 Å². The highest BCUT2D eigenvalue weighted by molar-refractivity contribution is 5.89. The normalized spacial score (nSPS) is 18.0. The summed E-state index contributed by atoms with van der Waals surface area (Å²) >= 11 is 0. The van der Waals surface area contributed by atoms with Crippen molar-refractivity contribution in [1.82, 2.24) is 29.8 Å². The van der Waals surface area contributed by atoms with Gasteiger partial charge in [-0.05, 0) is 39.2 Å². The van der Waals surface area contributed by atoms with E-state index in [4.69, 9.17) is 0 Å². The SMILES string of the molecule is COC(=O)c1ccc(-c2cn(CCN3CCC(N(C)C)C3)nn2)nc1. The van der Waals surface area contributed by atoms with Crippen molar-refractivity contribution < 1.29 is 9.53 Å². The second-order valence-corrected chi connectivity index (χ2v) is 6.50. The molecule has 1 aliphatic heterocycles. The first kappa shape index (κ1) is 17.5. The molecule has 0 saturated carbocycles. The predicted octanol–water partition coefficient (Wildman–Crippen LogP) is 0.763. The number of carbonyl (C=O) groups is 1. The van der Waals surface area contributed by atoms with E-state index >= 15 is 0 Å². The fourth-order valence-electron chi connectivity index (χ4n) is 2.99. The van der Waals surface area contributed by atoms with E-state index in [0.29, 0.717) is 23.0 Å². The Bertz CT molecular complexity index is 712. The maximum Gasteiger partial charge on any atom is 0.339 e. The molecule has 25 heavy (non-hydrogen) atoms. The van der Waals surface area contributed by atoms with E-state index in [-0.39, 0.29) is 0 Å². The van der Waals surface area contributed by atoms with Gasteiger partial charge in [-0.25, -0.2) is 4.79 Å². The van der Waals surface area contributed by atoms with Gasteiger partial charge in [0.1, 0.15) is 5.69 Å². The Labute approximate surface area is 147 Å². The molecule has 1 saturated heterocycles. The van der Waals surface area contributed by atoms with Crippen molar-refractivity contribution in [3.8, 4) is 11.4 Å². The number of hydrogen-bond acceptors (Lipinski definition) is 7. The number of ether oxygens (including phenoxy) is 1. The van der Waals surface area contributed by atoms with Gasteiger partial charge in [0, 0.05) is 25.3 Å². The number of esters is 1. The van der Waals surface area contributed by atoms with Crippen LogP contribution >= 0.6 is 0 Å². The van der Waals surface area contributed by atoms with Gasteiger partial charge in [0.25, 0.3) is 0 Å². The van der Waals surface area contributed by atoms with Crippen LogP contribution in [-0.2, 0) is 11.3 Å². The van der Waals surface area contributed by atoms with E-state index in [0.717, 1.165) is 26.2 Å². The molecule has 0 aromatic carbocycles. The smallest absolute Gasteiger partial charge is 0.339 e. The number of likely N-dealkylation sites (N-methyl/N-ethyl adjacent to an activating group) is 1. The maximum atomic E-state index is 11.4. The minimum absolute atomic E-state index is 0.399. The van der Waals surface area contributed by atoms with Crippen molar-refractivity contribution >= 4 is 5.97 Å². The number of likely N-dealkylation sites (tertiary alicyclic amines) is 1. The Hall–Kier alpha value is -2.32. The zero-order valence-electron chi connectivity index (χ0n) is 14.9. The van der Waals surface area contributed by atoms with Gasteiger partial charge >= 0.3 is 5.97 Å². The van der Waals surface area contributed by atoms with Gasteiger partial charge in [-0.15, -0.1) is 5.10 Å². The number of aromatic nitrogens is 4. The van der Waals surface area contributed by atoms with Crippen LogP contribution in [-0.4, -0.2) is 82.6 Å². The molecule has 3 rings (SSSR count). The Morgan fingerprint density at radius 3 is 2.80 bits per heavy atom. The van der Waals surface area contributed by atoms with Crippen molar-refractivity contribution in [2.24, 2.45) is 0 Å². The lowest BCUT2D eigenvalue weighted by atomic mass is 10.2. The lowest BCUT2D eigenvalue weighted by Gasteiger charge is -2.20. The number of carbonyl (C=O) groups excluding carboxylic acids is 1. The van der Waals surface area contributed by atoms with E-state index in [1.807, 2.05) is 10.9 Å². The molecule has 1 aliphatic rings. The second-order valence-electron chi connectivity index (χ2n) is 6.50. The molecule has 0 N–H and O–H groups in total. The van der Waals surface area contributed by atoms with Crippen molar-refractivity contribution in [1.29, 1.82) is 0 Å². The average Bonchev–Trinajstić information content (AvgIpc) is 3.29. The Morgan fingerprint density at radius 2 is 2.16 bits per heavy atom. The number of pyridine rings is 1. The zero-order valence-corrected chi connectivity index (χ0v) is 14.9. The van der Waals surface area contributed by atoms with Crippen LogP contribution < -0.4 is 0 Å². The minimum Gasteiger partial charge on any atom is -0.465 e. The van der Waals surface area contributed by atoms with E-state index in [1.165, 1.54) is 19.7 Å². The van der Waals surface area contributed by atoms with Crippen LogP contribution in [0.25, 0.3) is 11.4 Å². The van der Waals surface area contributed by atoms with Crippen molar-refractivity contribution in [3.05, 3.63) is 30.1 Å². The van der Waals surface area contributed by atoms with Gasteiger partial charge in [0.2, 0.25) is 0 Å². The molecule has 0 aliphatic carbocycles. The fraction of sp³-hybridized carbons (Fsp3) is 0.529. The predicted molar refractivity (Wildman–Crippen MR) is 93.1 cm³/mol. The number of hydrogen-bond donors (Lipinski definition) is 0. The van der Waals surface area contributed by atoms with Gasteiger partial charge in [-0.1, -0.05) is 5.21 Å². The summed E-state index contributed by atoms with van der Waals surface area (Å²) in [6.07, 6.45) is 4.59. The summed E-state index contributed by atoms with van der Waals surface area (Å²) in [6, 6.07) is 4.07. The zero-order chi connectivity index (χ0) is 17.8. The van der Waals surface area contributed by atoms with Gasteiger partial charge in [0.05, 0.1) is 31.1 Å². The maximum absolute atomic E-state index is 11.4. The van der Waals surface area contributed by atoms with Crippen molar-refractivity contribution in [2.75, 3.05) is 40.8 Å². The van der Waals surface area contributed by atoms with E-state index in [9.17, 15) is 4.79 Å². The standard InChI is InChI=1S/C17H24N6O2/c1-21(2)14-6-7-22(11-14)8-9-23-12-16(19-20-23)15-5-4-13(10-18-15)17(24)25-3/h4-5,10,12,14H,6-9,11H2,1-3H3. The average molecular weight is 344 g/mol. The van der Waals surface area contributed by atoms with Crippen LogP contribution in [0.15, 0.2) is 24.5 Å². The third kappa shape index (κ3) is 4.21. The van der Waals surface area contributed by atoms with E-state index in [1.54, 1.807) is 12.1 Å². The minimum atomic E-state index is -0.399. The van der Waals surface area contributed by atoms with Crippen molar-refractivity contribution in [2.45, 2.75) is 19.0 Å². The largest absolute Gasteiger partial charge is 0.465 e. The molecule has 0 spiro atoms. The summed E-state index contributed by atoms with van der Waals surface area (Å²) in [5.41, 5.74) is 1.81. The first-order valence-electron chi connectivity index (χ1n) is 8.40. The molecule has 1 unspecified atom stereocenters. The summed E-state index contributed by atoms with van der Waals surface area (Å²) in [5, 5.41) is 8.36. The number of rotatable bonds is 6. The molecule has 0 radical (unpaired) electrons. The lowest BCUT2D eigenvalue weighted by Crippen LogP contribution is -2.32. The first-order valence-corrected chi connectivity index (χ1v) is 8.40. The van der Waals surface area contributed by atoms with Crippen LogP contribution in [0.3, 0.4) is 0 Å². The second kappa shape index (κ2) is 7.71. The summed E-state index contributed by atoms with van der Waals surface area (Å²) in [7, 11) is 5.62.